The maximum Gasteiger partial charge on any atom is 0.0171 e. The van der Waals surface area contributed by atoms with Crippen LogP contribution in [0.3, 0.4) is 0 Å². The van der Waals surface area contributed by atoms with E-state index in [4.69, 9.17) is 0 Å². The van der Waals surface area contributed by atoms with Gasteiger partial charge in [-0.25, -0.2) is 0 Å². The largest absolute Gasteiger partial charge is 0.0683 e. The standard InChI is InChI=1S/C27H20.2C2H6/c1-27(2)25-21-10-6-4-8-18(21)13-15-22(25)23-16-14-19-12-11-17-7-3-5-9-20(17)24(19)26(23)27;2*1-2/h3-16H,1-2H3;2*1-2H3. The average molecular weight is 405 g/mol. The van der Waals surface area contributed by atoms with Crippen molar-refractivity contribution < 1.29 is 0 Å². The molecule has 0 saturated heterocycles. The third-order valence-corrected chi connectivity index (χ3v) is 6.38. The summed E-state index contributed by atoms with van der Waals surface area (Å²) < 4.78 is 0. The van der Waals surface area contributed by atoms with Crippen LogP contribution in [0.25, 0.3) is 43.4 Å². The van der Waals surface area contributed by atoms with Crippen LogP contribution in [0.1, 0.15) is 52.7 Å². The van der Waals surface area contributed by atoms with Crippen molar-refractivity contribution in [1.29, 1.82) is 0 Å². The minimum Gasteiger partial charge on any atom is -0.0683 e. The number of benzene rings is 5. The van der Waals surface area contributed by atoms with Gasteiger partial charge in [0.2, 0.25) is 0 Å². The van der Waals surface area contributed by atoms with E-state index in [0.29, 0.717) is 0 Å². The minimum absolute atomic E-state index is 0.0326. The molecule has 0 amide bonds. The van der Waals surface area contributed by atoms with Crippen LogP contribution in [0.5, 0.6) is 0 Å². The van der Waals surface area contributed by atoms with Gasteiger partial charge in [-0.1, -0.05) is 126 Å². The number of rotatable bonds is 0. The Hall–Kier alpha value is -3.12. The quantitative estimate of drug-likeness (QED) is 0.225. The number of hydrogen-bond acceptors (Lipinski definition) is 0. The predicted octanol–water partition coefficient (Wildman–Crippen LogP) is 9.50. The second kappa shape index (κ2) is 8.19. The second-order valence-corrected chi connectivity index (χ2v) is 8.21. The van der Waals surface area contributed by atoms with Crippen LogP contribution < -0.4 is 0 Å². The summed E-state index contributed by atoms with van der Waals surface area (Å²) in [5.74, 6) is 0. The molecule has 0 atom stereocenters. The molecule has 0 aliphatic heterocycles. The Morgan fingerprint density at radius 3 is 1.58 bits per heavy atom. The molecule has 156 valence electrons. The molecule has 0 aromatic heterocycles. The molecule has 6 rings (SSSR count). The lowest BCUT2D eigenvalue weighted by Gasteiger charge is -2.25. The van der Waals surface area contributed by atoms with Crippen molar-refractivity contribution in [2.75, 3.05) is 0 Å². The smallest absolute Gasteiger partial charge is 0.0171 e. The highest BCUT2D eigenvalue weighted by atomic mass is 14.4. The highest BCUT2D eigenvalue weighted by Gasteiger charge is 2.38. The van der Waals surface area contributed by atoms with Crippen molar-refractivity contribution >= 4 is 32.3 Å². The highest BCUT2D eigenvalue weighted by Crippen LogP contribution is 2.54. The number of fused-ring (bicyclic) bond motifs is 9. The number of hydrogen-bond donors (Lipinski definition) is 0. The fourth-order valence-corrected chi connectivity index (χ4v) is 5.27. The topological polar surface area (TPSA) is 0 Å². The van der Waals surface area contributed by atoms with E-state index in [0.717, 1.165) is 0 Å². The van der Waals surface area contributed by atoms with Crippen molar-refractivity contribution in [2.24, 2.45) is 0 Å². The summed E-state index contributed by atoms with van der Waals surface area (Å²) in [7, 11) is 0. The van der Waals surface area contributed by atoms with E-state index in [-0.39, 0.29) is 5.41 Å². The summed E-state index contributed by atoms with van der Waals surface area (Å²) in [5, 5.41) is 8.12. The van der Waals surface area contributed by atoms with Gasteiger partial charge in [0.15, 0.2) is 0 Å². The zero-order valence-corrected chi connectivity index (χ0v) is 19.6. The molecule has 0 heterocycles. The molecular formula is C31H32. The molecule has 0 N–H and O–H groups in total. The summed E-state index contributed by atoms with van der Waals surface area (Å²) in [5.41, 5.74) is 5.70. The van der Waals surface area contributed by atoms with Gasteiger partial charge < -0.3 is 0 Å². The van der Waals surface area contributed by atoms with Crippen LogP contribution in [-0.4, -0.2) is 0 Å². The molecule has 5 aromatic rings. The van der Waals surface area contributed by atoms with Crippen LogP contribution in [0.2, 0.25) is 0 Å². The van der Waals surface area contributed by atoms with Gasteiger partial charge >= 0.3 is 0 Å². The lowest BCUT2D eigenvalue weighted by molar-refractivity contribution is 0.672. The molecule has 1 aliphatic rings. The molecule has 0 bridgehead atoms. The van der Waals surface area contributed by atoms with E-state index >= 15 is 0 Å². The van der Waals surface area contributed by atoms with Crippen LogP contribution in [0.4, 0.5) is 0 Å². The minimum atomic E-state index is -0.0326. The second-order valence-electron chi connectivity index (χ2n) is 8.21. The molecule has 31 heavy (non-hydrogen) atoms. The molecule has 0 saturated carbocycles. The Labute approximate surface area is 186 Å². The van der Waals surface area contributed by atoms with Crippen LogP contribution in [-0.2, 0) is 5.41 Å². The van der Waals surface area contributed by atoms with Crippen molar-refractivity contribution in [3.05, 3.63) is 96.1 Å². The first-order valence-electron chi connectivity index (χ1n) is 11.6. The van der Waals surface area contributed by atoms with Gasteiger partial charge in [-0.05, 0) is 54.6 Å². The molecule has 0 nitrogen and oxygen atoms in total. The average Bonchev–Trinajstić information content (AvgIpc) is 3.08. The lowest BCUT2D eigenvalue weighted by Crippen LogP contribution is -2.16. The van der Waals surface area contributed by atoms with Gasteiger partial charge in [0.1, 0.15) is 0 Å². The molecule has 0 radical (unpaired) electrons. The summed E-state index contributed by atoms with van der Waals surface area (Å²) in [4.78, 5) is 0. The molecule has 1 aliphatic carbocycles. The van der Waals surface area contributed by atoms with E-state index in [1.54, 1.807) is 0 Å². The maximum absolute atomic E-state index is 2.39. The van der Waals surface area contributed by atoms with E-state index in [1.165, 1.54) is 54.6 Å². The Morgan fingerprint density at radius 1 is 0.452 bits per heavy atom. The Balaban J connectivity index is 0.000000549. The van der Waals surface area contributed by atoms with Crippen molar-refractivity contribution in [1.82, 2.24) is 0 Å². The monoisotopic (exact) mass is 404 g/mol. The summed E-state index contributed by atoms with van der Waals surface area (Å²) in [6.07, 6.45) is 0. The highest BCUT2D eigenvalue weighted by molar-refractivity contribution is 6.14. The predicted molar refractivity (Wildman–Crippen MR) is 139 cm³/mol. The zero-order valence-electron chi connectivity index (χ0n) is 19.6. The Bertz CT molecular complexity index is 1390. The molecule has 0 unspecified atom stereocenters. The third-order valence-electron chi connectivity index (χ3n) is 6.38. The fraction of sp³-hybridized carbons (Fsp3) is 0.226. The van der Waals surface area contributed by atoms with Crippen molar-refractivity contribution in [3.8, 4) is 11.1 Å². The van der Waals surface area contributed by atoms with Gasteiger partial charge in [0.25, 0.3) is 0 Å². The third kappa shape index (κ3) is 3.05. The van der Waals surface area contributed by atoms with E-state index in [1.807, 2.05) is 27.7 Å². The van der Waals surface area contributed by atoms with Crippen molar-refractivity contribution in [2.45, 2.75) is 47.0 Å². The van der Waals surface area contributed by atoms with Crippen LogP contribution in [0.15, 0.2) is 84.9 Å². The normalized spacial score (nSPS) is 13.1. The lowest BCUT2D eigenvalue weighted by atomic mass is 9.78. The van der Waals surface area contributed by atoms with Crippen LogP contribution in [0, 0.1) is 0 Å². The Morgan fingerprint density at radius 2 is 0.903 bits per heavy atom. The van der Waals surface area contributed by atoms with E-state index in [2.05, 4.69) is 98.8 Å². The first kappa shape index (κ1) is 21.1. The molecule has 0 heteroatoms. The Kier molecular flexibility index (Phi) is 5.58. The molecule has 5 aromatic carbocycles. The summed E-state index contributed by atoms with van der Waals surface area (Å²) in [6.45, 7) is 12.8. The first-order valence-corrected chi connectivity index (χ1v) is 11.6. The van der Waals surface area contributed by atoms with E-state index < -0.39 is 0 Å². The molecule has 0 spiro atoms. The summed E-state index contributed by atoms with van der Waals surface area (Å²) >= 11 is 0. The van der Waals surface area contributed by atoms with Gasteiger partial charge in [-0.15, -0.1) is 0 Å². The maximum atomic E-state index is 2.39. The summed E-state index contributed by atoms with van der Waals surface area (Å²) in [6, 6.07) is 31.3. The fourth-order valence-electron chi connectivity index (χ4n) is 5.27. The van der Waals surface area contributed by atoms with Crippen molar-refractivity contribution in [3.63, 3.8) is 0 Å². The molecular weight excluding hydrogens is 372 g/mol. The SMILES string of the molecule is CC.CC.CC1(C)c2c(ccc3ccccc23)-c2ccc3ccc4ccccc4c3c21. The van der Waals surface area contributed by atoms with Gasteiger partial charge in [-0.3, -0.25) is 0 Å². The molecule has 0 fully saturated rings. The zero-order chi connectivity index (χ0) is 22.2. The van der Waals surface area contributed by atoms with Gasteiger partial charge in [0.05, 0.1) is 0 Å². The van der Waals surface area contributed by atoms with Gasteiger partial charge in [0, 0.05) is 5.41 Å². The van der Waals surface area contributed by atoms with Gasteiger partial charge in [-0.2, -0.15) is 0 Å². The first-order chi connectivity index (χ1) is 15.2. The van der Waals surface area contributed by atoms with Crippen LogP contribution >= 0.6 is 0 Å². The van der Waals surface area contributed by atoms with E-state index in [9.17, 15) is 0 Å².